The molecule has 3 nitrogen and oxygen atoms in total. The molecule has 1 amide bonds. The summed E-state index contributed by atoms with van der Waals surface area (Å²) >= 11 is 0. The predicted octanol–water partition coefficient (Wildman–Crippen LogP) is 6.28. The molecule has 1 aliphatic heterocycles. The summed E-state index contributed by atoms with van der Waals surface area (Å²) in [7, 11) is 0. The average Bonchev–Trinajstić information content (AvgIpc) is 2.83. The first kappa shape index (κ1) is 21.2. The maximum atomic E-state index is 13.4. The summed E-state index contributed by atoms with van der Waals surface area (Å²) in [4.78, 5) is 13.4. The van der Waals surface area contributed by atoms with Crippen molar-refractivity contribution in [2.45, 2.75) is 57.6 Å². The number of ether oxygens (including phenoxy) is 1. The van der Waals surface area contributed by atoms with Gasteiger partial charge in [0, 0.05) is 17.5 Å². The molecule has 1 atom stereocenters. The largest absolute Gasteiger partial charge is 0.487 e. The molecule has 3 heteroatoms. The van der Waals surface area contributed by atoms with Crippen LogP contribution in [0.3, 0.4) is 0 Å². The standard InChI is InChI=1S/C28H31NO2/c1-3-28(4-2)20-25(24-16-10-11-17-26(24)31-28)29-27(30)23-15-9-8-14-22(23)19-18-21-12-6-5-7-13-21/h5-17,25H,3-4,18-20H2,1-2H3,(H,29,30)/t25-/m0/s1. The molecule has 0 spiro atoms. The molecular weight excluding hydrogens is 382 g/mol. The third kappa shape index (κ3) is 4.66. The van der Waals surface area contributed by atoms with E-state index in [1.165, 1.54) is 5.56 Å². The minimum atomic E-state index is -0.237. The number of carbonyl (C=O) groups excluding carboxylic acids is 1. The number of benzene rings is 3. The molecule has 0 unspecified atom stereocenters. The Kier molecular flexibility index (Phi) is 6.41. The molecule has 0 bridgehead atoms. The molecule has 0 saturated heterocycles. The highest BCUT2D eigenvalue weighted by molar-refractivity contribution is 5.96. The topological polar surface area (TPSA) is 38.3 Å². The van der Waals surface area contributed by atoms with Crippen LogP contribution in [0.2, 0.25) is 0 Å². The highest BCUT2D eigenvalue weighted by Crippen LogP contribution is 2.42. The van der Waals surface area contributed by atoms with Crippen LogP contribution in [0.15, 0.2) is 78.9 Å². The minimum absolute atomic E-state index is 0.00790. The Bertz CT molecular complexity index is 1020. The minimum Gasteiger partial charge on any atom is -0.487 e. The van der Waals surface area contributed by atoms with Gasteiger partial charge in [-0.1, -0.05) is 80.6 Å². The van der Waals surface area contributed by atoms with Crippen LogP contribution in [0, 0.1) is 0 Å². The van der Waals surface area contributed by atoms with Gasteiger partial charge < -0.3 is 10.1 Å². The normalized spacial score (nSPS) is 16.8. The Hall–Kier alpha value is -3.07. The lowest BCUT2D eigenvalue weighted by Gasteiger charge is -2.41. The van der Waals surface area contributed by atoms with Gasteiger partial charge in [-0.2, -0.15) is 0 Å². The number of hydrogen-bond acceptors (Lipinski definition) is 2. The second-order valence-corrected chi connectivity index (χ2v) is 8.40. The second kappa shape index (κ2) is 9.38. The number of fused-ring (bicyclic) bond motifs is 1. The van der Waals surface area contributed by atoms with Crippen LogP contribution < -0.4 is 10.1 Å². The lowest BCUT2D eigenvalue weighted by Crippen LogP contribution is -2.44. The van der Waals surface area contributed by atoms with Crippen LogP contribution in [-0.2, 0) is 12.8 Å². The first-order chi connectivity index (χ1) is 15.1. The summed E-state index contributed by atoms with van der Waals surface area (Å²) < 4.78 is 6.40. The molecule has 0 saturated carbocycles. The highest BCUT2D eigenvalue weighted by Gasteiger charge is 2.39. The number of rotatable bonds is 7. The van der Waals surface area contributed by atoms with Crippen LogP contribution in [0.1, 0.15) is 66.2 Å². The van der Waals surface area contributed by atoms with E-state index in [1.807, 2.05) is 42.5 Å². The zero-order chi connectivity index (χ0) is 21.7. The summed E-state index contributed by atoms with van der Waals surface area (Å²) in [5.41, 5.74) is 3.96. The number of hydrogen-bond donors (Lipinski definition) is 1. The molecule has 3 aromatic rings. The van der Waals surface area contributed by atoms with E-state index in [0.717, 1.165) is 54.5 Å². The van der Waals surface area contributed by atoms with Crippen LogP contribution >= 0.6 is 0 Å². The smallest absolute Gasteiger partial charge is 0.252 e. The van der Waals surface area contributed by atoms with Gasteiger partial charge >= 0.3 is 0 Å². The molecule has 1 N–H and O–H groups in total. The number of carbonyl (C=O) groups is 1. The van der Waals surface area contributed by atoms with Crippen molar-refractivity contribution in [3.05, 3.63) is 101 Å². The van der Waals surface area contributed by atoms with E-state index in [-0.39, 0.29) is 17.6 Å². The van der Waals surface area contributed by atoms with Crippen LogP contribution in [0.5, 0.6) is 5.75 Å². The number of aryl methyl sites for hydroxylation is 2. The molecule has 0 aromatic heterocycles. The van der Waals surface area contributed by atoms with E-state index < -0.39 is 0 Å². The molecule has 1 heterocycles. The highest BCUT2D eigenvalue weighted by atomic mass is 16.5. The maximum absolute atomic E-state index is 13.4. The third-order valence-electron chi connectivity index (χ3n) is 6.58. The van der Waals surface area contributed by atoms with Crippen molar-refractivity contribution >= 4 is 5.91 Å². The lowest BCUT2D eigenvalue weighted by atomic mass is 9.83. The fourth-order valence-electron chi connectivity index (χ4n) is 4.55. The van der Waals surface area contributed by atoms with Crippen molar-refractivity contribution in [1.29, 1.82) is 0 Å². The van der Waals surface area contributed by atoms with Gasteiger partial charge in [-0.05, 0) is 48.9 Å². The quantitative estimate of drug-likeness (QED) is 0.495. The molecular formula is C28H31NO2. The molecule has 0 aliphatic carbocycles. The first-order valence-electron chi connectivity index (χ1n) is 11.3. The zero-order valence-electron chi connectivity index (χ0n) is 18.4. The molecule has 4 rings (SSSR count). The molecule has 31 heavy (non-hydrogen) atoms. The number of para-hydroxylation sites is 1. The number of nitrogens with one attached hydrogen (secondary N) is 1. The Morgan fingerprint density at radius 3 is 2.35 bits per heavy atom. The first-order valence-corrected chi connectivity index (χ1v) is 11.3. The van der Waals surface area contributed by atoms with Crippen molar-refractivity contribution in [3.63, 3.8) is 0 Å². The van der Waals surface area contributed by atoms with E-state index in [9.17, 15) is 4.79 Å². The summed E-state index contributed by atoms with van der Waals surface area (Å²) in [6.07, 6.45) is 4.37. The van der Waals surface area contributed by atoms with Gasteiger partial charge in [0.25, 0.3) is 5.91 Å². The maximum Gasteiger partial charge on any atom is 0.252 e. The van der Waals surface area contributed by atoms with Crippen molar-refractivity contribution < 1.29 is 9.53 Å². The van der Waals surface area contributed by atoms with Crippen LogP contribution in [0.4, 0.5) is 0 Å². The van der Waals surface area contributed by atoms with Crippen molar-refractivity contribution in [3.8, 4) is 5.75 Å². The Morgan fingerprint density at radius 2 is 1.58 bits per heavy atom. The van der Waals surface area contributed by atoms with Crippen molar-refractivity contribution in [2.75, 3.05) is 0 Å². The molecule has 3 aromatic carbocycles. The van der Waals surface area contributed by atoms with Gasteiger partial charge in [-0.25, -0.2) is 0 Å². The van der Waals surface area contributed by atoms with E-state index in [0.29, 0.717) is 0 Å². The monoisotopic (exact) mass is 413 g/mol. The van der Waals surface area contributed by atoms with Gasteiger partial charge in [0.05, 0.1) is 6.04 Å². The Morgan fingerprint density at radius 1 is 0.903 bits per heavy atom. The molecule has 1 aliphatic rings. The van der Waals surface area contributed by atoms with Crippen molar-refractivity contribution in [2.24, 2.45) is 0 Å². The third-order valence-corrected chi connectivity index (χ3v) is 6.58. The summed E-state index contributed by atoms with van der Waals surface area (Å²) in [6, 6.07) is 26.4. The van der Waals surface area contributed by atoms with Crippen molar-refractivity contribution in [1.82, 2.24) is 5.32 Å². The predicted molar refractivity (Wildman–Crippen MR) is 125 cm³/mol. The Labute approximate surface area is 185 Å². The Balaban J connectivity index is 1.55. The van der Waals surface area contributed by atoms with Gasteiger partial charge in [0.15, 0.2) is 0 Å². The van der Waals surface area contributed by atoms with E-state index in [2.05, 4.69) is 55.6 Å². The summed E-state index contributed by atoms with van der Waals surface area (Å²) in [5, 5.41) is 3.33. The lowest BCUT2D eigenvalue weighted by molar-refractivity contribution is 0.0227. The van der Waals surface area contributed by atoms with E-state index >= 15 is 0 Å². The molecule has 160 valence electrons. The molecule has 0 fully saturated rings. The van der Waals surface area contributed by atoms with Gasteiger partial charge in [0.2, 0.25) is 0 Å². The van der Waals surface area contributed by atoms with Gasteiger partial charge in [-0.3, -0.25) is 4.79 Å². The SMILES string of the molecule is CCC1(CC)C[C@H](NC(=O)c2ccccc2CCc2ccccc2)c2ccccc2O1. The van der Waals surface area contributed by atoms with E-state index in [4.69, 9.17) is 4.74 Å². The average molecular weight is 414 g/mol. The fraction of sp³-hybridized carbons (Fsp3) is 0.321. The van der Waals surface area contributed by atoms with E-state index in [1.54, 1.807) is 0 Å². The zero-order valence-corrected chi connectivity index (χ0v) is 18.4. The van der Waals surface area contributed by atoms with Gasteiger partial charge in [0.1, 0.15) is 11.4 Å². The number of amides is 1. The summed E-state index contributed by atoms with van der Waals surface area (Å²) in [5.74, 6) is 0.881. The second-order valence-electron chi connectivity index (χ2n) is 8.40. The summed E-state index contributed by atoms with van der Waals surface area (Å²) in [6.45, 7) is 4.32. The van der Waals surface area contributed by atoms with Gasteiger partial charge in [-0.15, -0.1) is 0 Å². The molecule has 0 radical (unpaired) electrons. The fourth-order valence-corrected chi connectivity index (χ4v) is 4.55. The van der Waals surface area contributed by atoms with Crippen LogP contribution in [0.25, 0.3) is 0 Å². The van der Waals surface area contributed by atoms with Crippen LogP contribution in [-0.4, -0.2) is 11.5 Å².